The molecule has 0 fully saturated rings. The zero-order valence-electron chi connectivity index (χ0n) is 7.09. The van der Waals surface area contributed by atoms with E-state index < -0.39 is 0 Å². The Kier molecular flexibility index (Phi) is 4.54. The Balaban J connectivity index is 3.81. The smallest absolute Gasteiger partial charge is 0.333 e. The van der Waals surface area contributed by atoms with Gasteiger partial charge in [0.15, 0.2) is 0 Å². The maximum Gasteiger partial charge on any atom is 0.333 e. The van der Waals surface area contributed by atoms with Crippen LogP contribution in [0.2, 0.25) is 0 Å². The Morgan fingerprint density at radius 2 is 2.27 bits per heavy atom. The largest absolute Gasteiger partial charge is 0.458 e. The van der Waals surface area contributed by atoms with Gasteiger partial charge in [0.05, 0.1) is 0 Å². The summed E-state index contributed by atoms with van der Waals surface area (Å²) in [6.45, 7) is 7.37. The molecule has 0 aromatic heterocycles. The van der Waals surface area contributed by atoms with Crippen LogP contribution in [0.3, 0.4) is 0 Å². The predicted octanol–water partition coefficient (Wildman–Crippen LogP) is 0.843. The van der Waals surface area contributed by atoms with Crippen LogP contribution in [0, 0.1) is 0 Å². The van der Waals surface area contributed by atoms with Crippen molar-refractivity contribution in [2.24, 2.45) is 5.73 Å². The molecular formula is C8H15NO2. The first-order valence-electron chi connectivity index (χ1n) is 3.68. The summed E-state index contributed by atoms with van der Waals surface area (Å²) >= 11 is 0. The van der Waals surface area contributed by atoms with Crippen molar-refractivity contribution in [3.63, 3.8) is 0 Å². The molecule has 3 heteroatoms. The van der Waals surface area contributed by atoms with E-state index in [0.29, 0.717) is 12.1 Å². The van der Waals surface area contributed by atoms with E-state index in [1.165, 1.54) is 0 Å². The highest BCUT2D eigenvalue weighted by Gasteiger charge is 2.10. The molecule has 3 nitrogen and oxygen atoms in total. The van der Waals surface area contributed by atoms with Gasteiger partial charge in [-0.25, -0.2) is 4.79 Å². The van der Waals surface area contributed by atoms with Crippen LogP contribution in [0.25, 0.3) is 0 Å². The zero-order valence-corrected chi connectivity index (χ0v) is 7.09. The molecule has 0 radical (unpaired) electrons. The van der Waals surface area contributed by atoms with E-state index >= 15 is 0 Å². The van der Waals surface area contributed by atoms with Crippen LogP contribution < -0.4 is 5.73 Å². The second-order valence-electron chi connectivity index (χ2n) is 2.45. The molecule has 0 bridgehead atoms. The lowest BCUT2D eigenvalue weighted by molar-refractivity contribution is -0.143. The van der Waals surface area contributed by atoms with Crippen molar-refractivity contribution in [2.45, 2.75) is 26.4 Å². The van der Waals surface area contributed by atoms with Crippen LogP contribution in [0.4, 0.5) is 0 Å². The Morgan fingerprint density at radius 1 is 1.73 bits per heavy atom. The lowest BCUT2D eigenvalue weighted by Crippen LogP contribution is -2.26. The Labute approximate surface area is 67.2 Å². The van der Waals surface area contributed by atoms with Gasteiger partial charge in [0.25, 0.3) is 0 Å². The molecule has 0 aliphatic carbocycles. The van der Waals surface area contributed by atoms with E-state index in [9.17, 15) is 4.79 Å². The van der Waals surface area contributed by atoms with Gasteiger partial charge in [-0.3, -0.25) is 0 Å². The molecule has 0 rings (SSSR count). The molecule has 1 atom stereocenters. The van der Waals surface area contributed by atoms with Crippen LogP contribution in [-0.4, -0.2) is 18.6 Å². The summed E-state index contributed by atoms with van der Waals surface area (Å²) in [6.07, 6.45) is 0.578. The summed E-state index contributed by atoms with van der Waals surface area (Å²) in [5.74, 6) is -0.359. The molecule has 0 amide bonds. The molecule has 0 heterocycles. The van der Waals surface area contributed by atoms with Gasteiger partial charge >= 0.3 is 5.97 Å². The van der Waals surface area contributed by atoms with Gasteiger partial charge in [-0.05, 0) is 13.3 Å². The van der Waals surface area contributed by atoms with Gasteiger partial charge in [0, 0.05) is 12.1 Å². The normalized spacial score (nSPS) is 12.3. The topological polar surface area (TPSA) is 52.3 Å². The third-order valence-corrected chi connectivity index (χ3v) is 1.34. The first-order valence-corrected chi connectivity index (χ1v) is 3.68. The highest BCUT2D eigenvalue weighted by molar-refractivity contribution is 5.87. The fourth-order valence-electron chi connectivity index (χ4n) is 0.550. The second-order valence-corrected chi connectivity index (χ2v) is 2.45. The standard InChI is InChI=1S/C8H15NO2/c1-4-7(5-9)11-8(10)6(2)3/h7H,2,4-5,9H2,1,3H3. The Bertz CT molecular complexity index is 150. The minimum atomic E-state index is -0.359. The second kappa shape index (κ2) is 4.91. The fourth-order valence-corrected chi connectivity index (χ4v) is 0.550. The molecule has 0 aromatic rings. The van der Waals surface area contributed by atoms with Gasteiger partial charge in [-0.15, -0.1) is 0 Å². The minimum absolute atomic E-state index is 0.167. The number of esters is 1. The maximum atomic E-state index is 10.9. The van der Waals surface area contributed by atoms with E-state index in [1.807, 2.05) is 6.92 Å². The summed E-state index contributed by atoms with van der Waals surface area (Å²) < 4.78 is 4.95. The van der Waals surface area contributed by atoms with Crippen LogP contribution >= 0.6 is 0 Å². The zero-order chi connectivity index (χ0) is 8.85. The van der Waals surface area contributed by atoms with E-state index in [-0.39, 0.29) is 12.1 Å². The Morgan fingerprint density at radius 3 is 2.55 bits per heavy atom. The van der Waals surface area contributed by atoms with Crippen LogP contribution in [0.1, 0.15) is 20.3 Å². The molecule has 0 saturated heterocycles. The van der Waals surface area contributed by atoms with E-state index in [4.69, 9.17) is 10.5 Å². The van der Waals surface area contributed by atoms with Crippen molar-refractivity contribution in [1.29, 1.82) is 0 Å². The van der Waals surface area contributed by atoms with Gasteiger partial charge in [0.1, 0.15) is 6.10 Å². The highest BCUT2D eigenvalue weighted by atomic mass is 16.5. The first-order chi connectivity index (χ1) is 5.11. The number of carbonyl (C=O) groups excluding carboxylic acids is 1. The van der Waals surface area contributed by atoms with Crippen LogP contribution in [0.15, 0.2) is 12.2 Å². The van der Waals surface area contributed by atoms with Crippen LogP contribution in [-0.2, 0) is 9.53 Å². The minimum Gasteiger partial charge on any atom is -0.458 e. The molecule has 1 unspecified atom stereocenters. The van der Waals surface area contributed by atoms with Gasteiger partial charge in [-0.2, -0.15) is 0 Å². The molecule has 0 saturated carbocycles. The van der Waals surface area contributed by atoms with Crippen molar-refractivity contribution in [3.8, 4) is 0 Å². The predicted molar refractivity (Wildman–Crippen MR) is 44.0 cm³/mol. The molecule has 2 N–H and O–H groups in total. The maximum absolute atomic E-state index is 10.9. The first kappa shape index (κ1) is 10.2. The number of carbonyl (C=O) groups is 1. The summed E-state index contributed by atoms with van der Waals surface area (Å²) in [5, 5.41) is 0. The molecule has 0 spiro atoms. The van der Waals surface area contributed by atoms with E-state index in [2.05, 4.69) is 6.58 Å². The van der Waals surface area contributed by atoms with Crippen molar-refractivity contribution in [3.05, 3.63) is 12.2 Å². The third-order valence-electron chi connectivity index (χ3n) is 1.34. The van der Waals surface area contributed by atoms with Gasteiger partial charge < -0.3 is 10.5 Å². The highest BCUT2D eigenvalue weighted by Crippen LogP contribution is 2.00. The van der Waals surface area contributed by atoms with Gasteiger partial charge in [-0.1, -0.05) is 13.5 Å². The van der Waals surface area contributed by atoms with Crippen molar-refractivity contribution < 1.29 is 9.53 Å². The lowest BCUT2D eigenvalue weighted by atomic mass is 10.3. The molecule has 64 valence electrons. The molecule has 0 aromatic carbocycles. The number of ether oxygens (including phenoxy) is 1. The Hall–Kier alpha value is -0.830. The quantitative estimate of drug-likeness (QED) is 0.486. The molecule has 11 heavy (non-hydrogen) atoms. The number of hydrogen-bond acceptors (Lipinski definition) is 3. The monoisotopic (exact) mass is 157 g/mol. The lowest BCUT2D eigenvalue weighted by Gasteiger charge is -2.13. The van der Waals surface area contributed by atoms with E-state index in [1.54, 1.807) is 6.92 Å². The number of nitrogens with two attached hydrogens (primary N) is 1. The average Bonchev–Trinajstić information content (AvgIpc) is 1.99. The summed E-state index contributed by atoms with van der Waals surface area (Å²) in [4.78, 5) is 10.9. The average molecular weight is 157 g/mol. The third kappa shape index (κ3) is 3.78. The van der Waals surface area contributed by atoms with Crippen molar-refractivity contribution >= 4 is 5.97 Å². The van der Waals surface area contributed by atoms with Crippen molar-refractivity contribution in [2.75, 3.05) is 6.54 Å². The molecule has 0 aliphatic rings. The number of rotatable bonds is 4. The summed E-state index contributed by atoms with van der Waals surface area (Å²) in [6, 6.07) is 0. The summed E-state index contributed by atoms with van der Waals surface area (Å²) in [5.41, 5.74) is 5.74. The molecular weight excluding hydrogens is 142 g/mol. The number of hydrogen-bond donors (Lipinski definition) is 1. The fraction of sp³-hybridized carbons (Fsp3) is 0.625. The van der Waals surface area contributed by atoms with Crippen LogP contribution in [0.5, 0.6) is 0 Å². The van der Waals surface area contributed by atoms with E-state index in [0.717, 1.165) is 6.42 Å². The SMILES string of the molecule is C=C(C)C(=O)OC(CC)CN. The summed E-state index contributed by atoms with van der Waals surface area (Å²) in [7, 11) is 0. The van der Waals surface area contributed by atoms with Crippen molar-refractivity contribution in [1.82, 2.24) is 0 Å². The molecule has 0 aliphatic heterocycles. The van der Waals surface area contributed by atoms with Gasteiger partial charge in [0.2, 0.25) is 0 Å².